The number of aromatic nitrogens is 2. The van der Waals surface area contributed by atoms with Gasteiger partial charge < -0.3 is 38.2 Å². The molecular weight excluding hydrogens is 576 g/mol. The molecule has 4 aromatic rings. The highest BCUT2D eigenvalue weighted by molar-refractivity contribution is 5.95. The number of hydrogen-bond acceptors (Lipinski definition) is 11. The Morgan fingerprint density at radius 1 is 0.644 bits per heavy atom. The molecule has 0 saturated carbocycles. The maximum absolute atomic E-state index is 11.4. The third-order valence-electron chi connectivity index (χ3n) is 8.79. The van der Waals surface area contributed by atoms with Gasteiger partial charge in [0.2, 0.25) is 0 Å². The molecule has 3 fully saturated rings. The summed E-state index contributed by atoms with van der Waals surface area (Å²) in [6.07, 6.45) is 6.61. The van der Waals surface area contributed by atoms with E-state index in [1.165, 1.54) is 0 Å². The average molecular weight is 617 g/mol. The predicted octanol–water partition coefficient (Wildman–Crippen LogP) is 5.02. The van der Waals surface area contributed by atoms with E-state index in [1.807, 2.05) is 36.5 Å². The number of benzene rings is 2. The quantitative estimate of drug-likeness (QED) is 0.292. The van der Waals surface area contributed by atoms with Gasteiger partial charge in [0.25, 0.3) is 0 Å². The van der Waals surface area contributed by atoms with Crippen molar-refractivity contribution in [2.45, 2.75) is 31.5 Å². The molecule has 0 N–H and O–H groups in total. The van der Waals surface area contributed by atoms with Gasteiger partial charge in [-0.15, -0.1) is 0 Å². The third-order valence-corrected chi connectivity index (χ3v) is 8.79. The van der Waals surface area contributed by atoms with E-state index >= 15 is 0 Å². The summed E-state index contributed by atoms with van der Waals surface area (Å²) in [5.41, 5.74) is 4.02. The van der Waals surface area contributed by atoms with E-state index in [9.17, 15) is 4.79 Å². The number of hydrogen-bond donors (Lipinski definition) is 0. The molecule has 2 aromatic heterocycles. The fourth-order valence-electron chi connectivity index (χ4n) is 6.34. The summed E-state index contributed by atoms with van der Waals surface area (Å²) in [6.45, 7) is 4.71. The summed E-state index contributed by atoms with van der Waals surface area (Å²) >= 11 is 0. The second kappa shape index (κ2) is 13.3. The standard InChI is InChI=1S/C18H22N2O4.C16H18N2O3/c1-21-16-11-13-14(12-17(16)22-2)19-6-3-15(13)20-7-4-18(5-8-20)23-9-10-24-18;1-20-15-9-12-13(10-16(15)21-2)17-6-3-14(12)18-7-4-11(19)5-8-18/h3,6,11-12H,4-5,7-10H2,1-2H3;3,6,9-10H,4-5,7-8H2,1-2H3. The Kier molecular flexibility index (Phi) is 9.09. The summed E-state index contributed by atoms with van der Waals surface area (Å²) in [7, 11) is 6.53. The second-order valence-corrected chi connectivity index (χ2v) is 11.2. The van der Waals surface area contributed by atoms with Gasteiger partial charge in [0, 0.05) is 98.5 Å². The van der Waals surface area contributed by atoms with Gasteiger partial charge in [-0.05, 0) is 24.3 Å². The number of nitrogens with zero attached hydrogens (tertiary/aromatic N) is 4. The van der Waals surface area contributed by atoms with Crippen molar-refractivity contribution in [2.75, 3.05) is 77.6 Å². The van der Waals surface area contributed by atoms with Gasteiger partial charge in [-0.25, -0.2) is 0 Å². The van der Waals surface area contributed by atoms with Gasteiger partial charge in [-0.1, -0.05) is 0 Å². The van der Waals surface area contributed by atoms with Crippen LogP contribution >= 0.6 is 0 Å². The summed E-state index contributed by atoms with van der Waals surface area (Å²) in [5.74, 6) is 2.75. The molecule has 5 heterocycles. The highest BCUT2D eigenvalue weighted by atomic mass is 16.7. The highest BCUT2D eigenvalue weighted by Gasteiger charge is 2.40. The number of ketones is 1. The summed E-state index contributed by atoms with van der Waals surface area (Å²) < 4.78 is 33.2. The Morgan fingerprint density at radius 2 is 1.07 bits per heavy atom. The zero-order chi connectivity index (χ0) is 31.4. The third kappa shape index (κ3) is 6.27. The molecular formula is C34H40N4O7. The molecule has 3 saturated heterocycles. The lowest BCUT2D eigenvalue weighted by molar-refractivity contribution is -0.169. The molecule has 3 aliphatic rings. The van der Waals surface area contributed by atoms with Crippen LogP contribution in [0.2, 0.25) is 0 Å². The molecule has 0 bridgehead atoms. The van der Waals surface area contributed by atoms with Crippen molar-refractivity contribution in [2.24, 2.45) is 0 Å². The molecule has 11 heteroatoms. The van der Waals surface area contributed by atoms with Crippen molar-refractivity contribution in [3.63, 3.8) is 0 Å². The van der Waals surface area contributed by atoms with Crippen LogP contribution in [0, 0.1) is 0 Å². The number of Topliss-reactive ketones (excluding diaryl/α,β-unsaturated/α-hetero) is 1. The number of carbonyl (C=O) groups is 1. The predicted molar refractivity (Wildman–Crippen MR) is 172 cm³/mol. The average Bonchev–Trinajstić information content (AvgIpc) is 3.55. The minimum absolute atomic E-state index is 0.337. The molecule has 1 spiro atoms. The number of pyridine rings is 2. The lowest BCUT2D eigenvalue weighted by Gasteiger charge is -2.39. The first-order valence-corrected chi connectivity index (χ1v) is 15.3. The van der Waals surface area contributed by atoms with Gasteiger partial charge in [0.15, 0.2) is 28.8 Å². The highest BCUT2D eigenvalue weighted by Crippen LogP contribution is 2.39. The fourth-order valence-corrected chi connectivity index (χ4v) is 6.34. The van der Waals surface area contributed by atoms with Gasteiger partial charge in [-0.3, -0.25) is 14.8 Å². The Labute approximate surface area is 262 Å². The van der Waals surface area contributed by atoms with Crippen molar-refractivity contribution in [1.29, 1.82) is 0 Å². The molecule has 3 aliphatic heterocycles. The molecule has 7 rings (SSSR count). The van der Waals surface area contributed by atoms with Gasteiger partial charge >= 0.3 is 0 Å². The van der Waals surface area contributed by atoms with Crippen molar-refractivity contribution < 1.29 is 33.2 Å². The van der Waals surface area contributed by atoms with E-state index in [-0.39, 0.29) is 5.79 Å². The largest absolute Gasteiger partial charge is 0.493 e. The smallest absolute Gasteiger partial charge is 0.171 e. The molecule has 0 radical (unpaired) electrons. The SMILES string of the molecule is COc1cc2nccc(N3CCC(=O)CC3)c2cc1OC.COc1cc2nccc(N3CCC4(CC3)OCCO4)c2cc1OC. The van der Waals surface area contributed by atoms with Crippen molar-refractivity contribution in [3.8, 4) is 23.0 Å². The summed E-state index contributed by atoms with van der Waals surface area (Å²) in [5, 5.41) is 2.09. The Bertz CT molecular complexity index is 1650. The van der Waals surface area contributed by atoms with E-state index in [0.29, 0.717) is 49.1 Å². The number of piperidine rings is 2. The molecule has 0 unspecified atom stereocenters. The van der Waals surface area contributed by atoms with Crippen LogP contribution in [-0.4, -0.2) is 89.4 Å². The number of carbonyl (C=O) groups excluding carboxylic acids is 1. The van der Waals surface area contributed by atoms with Crippen LogP contribution in [0.3, 0.4) is 0 Å². The minimum Gasteiger partial charge on any atom is -0.493 e. The Morgan fingerprint density at radius 3 is 1.51 bits per heavy atom. The first-order valence-electron chi connectivity index (χ1n) is 15.3. The van der Waals surface area contributed by atoms with E-state index in [1.54, 1.807) is 34.6 Å². The van der Waals surface area contributed by atoms with Crippen LogP contribution in [0.1, 0.15) is 25.7 Å². The van der Waals surface area contributed by atoms with Crippen LogP contribution < -0.4 is 28.7 Å². The van der Waals surface area contributed by atoms with Crippen LogP contribution in [0.25, 0.3) is 21.8 Å². The van der Waals surface area contributed by atoms with Crippen LogP contribution in [0.5, 0.6) is 23.0 Å². The molecule has 0 amide bonds. The topological polar surface area (TPSA) is 105 Å². The van der Waals surface area contributed by atoms with E-state index in [2.05, 4.69) is 25.8 Å². The Hall–Kier alpha value is -4.35. The number of methoxy groups -OCH3 is 4. The van der Waals surface area contributed by atoms with Gasteiger partial charge in [0.05, 0.1) is 52.7 Å². The maximum Gasteiger partial charge on any atom is 0.171 e. The lowest BCUT2D eigenvalue weighted by atomic mass is 10.0. The molecule has 238 valence electrons. The molecule has 0 aliphatic carbocycles. The number of rotatable bonds is 6. The fraction of sp³-hybridized carbons (Fsp3) is 0.441. The minimum atomic E-state index is -0.361. The van der Waals surface area contributed by atoms with Crippen LogP contribution in [0.15, 0.2) is 48.8 Å². The Balaban J connectivity index is 0.000000160. The first kappa shape index (κ1) is 30.7. The number of anilines is 2. The zero-order valence-electron chi connectivity index (χ0n) is 26.3. The van der Waals surface area contributed by atoms with Crippen LogP contribution in [0.4, 0.5) is 11.4 Å². The van der Waals surface area contributed by atoms with Crippen molar-refractivity contribution >= 4 is 39.0 Å². The van der Waals surface area contributed by atoms with Crippen molar-refractivity contribution in [1.82, 2.24) is 9.97 Å². The van der Waals surface area contributed by atoms with Gasteiger partial charge in [0.1, 0.15) is 5.78 Å². The molecule has 45 heavy (non-hydrogen) atoms. The van der Waals surface area contributed by atoms with Crippen LogP contribution in [-0.2, 0) is 14.3 Å². The number of ether oxygens (including phenoxy) is 6. The molecule has 2 aromatic carbocycles. The van der Waals surface area contributed by atoms with E-state index < -0.39 is 0 Å². The monoisotopic (exact) mass is 616 g/mol. The maximum atomic E-state index is 11.4. The van der Waals surface area contributed by atoms with E-state index in [0.717, 1.165) is 78.0 Å². The normalized spacial score (nSPS) is 17.7. The number of fused-ring (bicyclic) bond motifs is 2. The summed E-state index contributed by atoms with van der Waals surface area (Å²) in [4.78, 5) is 24.9. The van der Waals surface area contributed by atoms with Crippen molar-refractivity contribution in [3.05, 3.63) is 48.8 Å². The summed E-state index contributed by atoms with van der Waals surface area (Å²) in [6, 6.07) is 11.8. The second-order valence-electron chi connectivity index (χ2n) is 11.2. The molecule has 11 nitrogen and oxygen atoms in total. The zero-order valence-corrected chi connectivity index (χ0v) is 26.3. The molecule has 0 atom stereocenters. The van der Waals surface area contributed by atoms with E-state index in [4.69, 9.17) is 28.4 Å². The lowest BCUT2D eigenvalue weighted by Crippen LogP contribution is -2.45. The van der Waals surface area contributed by atoms with Gasteiger partial charge in [-0.2, -0.15) is 0 Å². The first-order chi connectivity index (χ1) is 22.0.